The van der Waals surface area contributed by atoms with Gasteiger partial charge in [0.05, 0.1) is 17.0 Å². The second kappa shape index (κ2) is 5.91. The molecule has 0 aliphatic heterocycles. The highest BCUT2D eigenvalue weighted by atomic mass is 32.2. The third kappa shape index (κ3) is 3.02. The molecule has 2 aromatic rings. The van der Waals surface area contributed by atoms with Crippen molar-refractivity contribution < 1.29 is 18.3 Å². The molecule has 0 unspecified atom stereocenters. The Morgan fingerprint density at radius 1 is 1.33 bits per heavy atom. The zero-order valence-electron chi connectivity index (χ0n) is 10.9. The van der Waals surface area contributed by atoms with Gasteiger partial charge in [0.25, 0.3) is 0 Å². The normalized spacial score (nSPS) is 11.4. The molecule has 0 amide bonds. The molecule has 0 radical (unpaired) electrons. The number of terminal acetylenes is 1. The lowest BCUT2D eigenvalue weighted by Gasteiger charge is -2.18. The third-order valence-corrected chi connectivity index (χ3v) is 4.65. The molecule has 108 valence electrons. The van der Waals surface area contributed by atoms with Crippen LogP contribution in [0.25, 0.3) is 10.9 Å². The summed E-state index contributed by atoms with van der Waals surface area (Å²) in [7, 11) is -4.01. The Morgan fingerprint density at radius 2 is 2.10 bits per heavy atom. The van der Waals surface area contributed by atoms with Crippen LogP contribution in [-0.4, -0.2) is 41.9 Å². The fraction of sp³-hybridized carbons (Fsp3) is 0.143. The number of carbonyl (C=O) groups is 1. The molecule has 0 saturated heterocycles. The van der Waals surface area contributed by atoms with Crippen LogP contribution in [0.3, 0.4) is 0 Å². The van der Waals surface area contributed by atoms with E-state index in [1.807, 2.05) is 0 Å². The van der Waals surface area contributed by atoms with Crippen molar-refractivity contribution in [1.82, 2.24) is 9.29 Å². The van der Waals surface area contributed by atoms with Crippen molar-refractivity contribution in [2.24, 2.45) is 0 Å². The number of rotatable bonds is 5. The van der Waals surface area contributed by atoms with E-state index in [0.29, 0.717) is 10.9 Å². The highest BCUT2D eigenvalue weighted by Crippen LogP contribution is 2.24. The van der Waals surface area contributed by atoms with Crippen LogP contribution in [0.1, 0.15) is 0 Å². The summed E-state index contributed by atoms with van der Waals surface area (Å²) in [5.41, 5.74) is 0.509. The van der Waals surface area contributed by atoms with E-state index in [1.165, 1.54) is 6.07 Å². The van der Waals surface area contributed by atoms with Gasteiger partial charge in [-0.3, -0.25) is 9.78 Å². The van der Waals surface area contributed by atoms with Crippen molar-refractivity contribution in [2.45, 2.75) is 4.90 Å². The lowest BCUT2D eigenvalue weighted by Crippen LogP contribution is -2.36. The number of benzene rings is 1. The first kappa shape index (κ1) is 15.0. The average molecular weight is 304 g/mol. The molecule has 21 heavy (non-hydrogen) atoms. The van der Waals surface area contributed by atoms with Gasteiger partial charge in [-0.15, -0.1) is 6.42 Å². The smallest absolute Gasteiger partial charge is 0.318 e. The molecule has 7 heteroatoms. The quantitative estimate of drug-likeness (QED) is 0.831. The van der Waals surface area contributed by atoms with Crippen LogP contribution >= 0.6 is 0 Å². The van der Waals surface area contributed by atoms with Gasteiger partial charge in [0.2, 0.25) is 10.0 Å². The molecular formula is C14H12N2O4S. The molecule has 1 N–H and O–H groups in total. The summed E-state index contributed by atoms with van der Waals surface area (Å²) in [6.07, 6.45) is 6.68. The minimum atomic E-state index is -4.01. The van der Waals surface area contributed by atoms with Gasteiger partial charge in [-0.05, 0) is 24.3 Å². The molecule has 0 atom stereocenters. The number of aliphatic carboxylic acids is 1. The second-order valence-corrected chi connectivity index (χ2v) is 6.10. The van der Waals surface area contributed by atoms with E-state index in [1.54, 1.807) is 30.5 Å². The van der Waals surface area contributed by atoms with E-state index < -0.39 is 22.5 Å². The monoisotopic (exact) mass is 304 g/mol. The first-order valence-corrected chi connectivity index (χ1v) is 7.40. The molecule has 0 fully saturated rings. The Labute approximate surface area is 122 Å². The van der Waals surface area contributed by atoms with Gasteiger partial charge in [0, 0.05) is 11.6 Å². The van der Waals surface area contributed by atoms with E-state index >= 15 is 0 Å². The van der Waals surface area contributed by atoms with Crippen LogP contribution < -0.4 is 0 Å². The van der Waals surface area contributed by atoms with Crippen molar-refractivity contribution in [2.75, 3.05) is 13.1 Å². The molecule has 0 aliphatic rings. The summed E-state index contributed by atoms with van der Waals surface area (Å²) in [6, 6.07) is 7.87. The Kier molecular flexibility index (Phi) is 4.21. The summed E-state index contributed by atoms with van der Waals surface area (Å²) in [4.78, 5) is 14.9. The summed E-state index contributed by atoms with van der Waals surface area (Å²) < 4.78 is 26.0. The number of nitrogens with zero attached hydrogens (tertiary/aromatic N) is 2. The molecule has 6 nitrogen and oxygen atoms in total. The molecular weight excluding hydrogens is 292 g/mol. The second-order valence-electron chi connectivity index (χ2n) is 4.20. The number of hydrogen-bond acceptors (Lipinski definition) is 4. The first-order valence-electron chi connectivity index (χ1n) is 5.96. The van der Waals surface area contributed by atoms with Crippen molar-refractivity contribution in [3.05, 3.63) is 36.5 Å². The average Bonchev–Trinajstić information content (AvgIpc) is 2.45. The van der Waals surface area contributed by atoms with E-state index in [4.69, 9.17) is 11.5 Å². The maximum absolute atomic E-state index is 12.6. The number of aromatic nitrogens is 1. The molecule has 2 rings (SSSR count). The number of carboxylic acids is 1. The number of carboxylic acid groups (broad SMARTS) is 1. The molecule has 1 aromatic carbocycles. The summed E-state index contributed by atoms with van der Waals surface area (Å²) in [5, 5.41) is 9.27. The Balaban J connectivity index is 2.60. The van der Waals surface area contributed by atoms with Crippen LogP contribution in [0.5, 0.6) is 0 Å². The van der Waals surface area contributed by atoms with Crippen LogP contribution in [0.2, 0.25) is 0 Å². The van der Waals surface area contributed by atoms with Crippen LogP contribution in [0.15, 0.2) is 41.4 Å². The van der Waals surface area contributed by atoms with Crippen molar-refractivity contribution in [3.8, 4) is 12.3 Å². The van der Waals surface area contributed by atoms with Crippen molar-refractivity contribution in [1.29, 1.82) is 0 Å². The van der Waals surface area contributed by atoms with Gasteiger partial charge in [-0.2, -0.15) is 4.31 Å². The standard InChI is InChI=1S/C14H12N2O4S/c1-2-9-16(10-14(17)18)21(19,20)13-7-3-6-12-11(13)5-4-8-15-12/h1,3-8H,9-10H2,(H,17,18). The van der Waals surface area contributed by atoms with Gasteiger partial charge in [0.15, 0.2) is 0 Å². The Bertz CT molecular complexity index is 819. The fourth-order valence-corrected chi connectivity index (χ4v) is 3.42. The topological polar surface area (TPSA) is 87.6 Å². The highest BCUT2D eigenvalue weighted by Gasteiger charge is 2.27. The van der Waals surface area contributed by atoms with Crippen molar-refractivity contribution in [3.63, 3.8) is 0 Å². The molecule has 1 aromatic heterocycles. The predicted octanol–water partition coefficient (Wildman–Crippen LogP) is 0.943. The Hall–Kier alpha value is -2.43. The number of hydrogen-bond donors (Lipinski definition) is 1. The molecule has 0 saturated carbocycles. The first-order chi connectivity index (χ1) is 9.96. The molecule has 0 aliphatic carbocycles. The van der Waals surface area contributed by atoms with Crippen molar-refractivity contribution >= 4 is 26.9 Å². The number of sulfonamides is 1. The Morgan fingerprint density at radius 3 is 2.76 bits per heavy atom. The van der Waals surface area contributed by atoms with Gasteiger partial charge < -0.3 is 5.11 Å². The lowest BCUT2D eigenvalue weighted by atomic mass is 10.2. The maximum atomic E-state index is 12.6. The largest absolute Gasteiger partial charge is 0.480 e. The number of fused-ring (bicyclic) bond motifs is 1. The van der Waals surface area contributed by atoms with Gasteiger partial charge in [0.1, 0.15) is 6.54 Å². The van der Waals surface area contributed by atoms with Crippen LogP contribution in [-0.2, 0) is 14.8 Å². The predicted molar refractivity (Wildman–Crippen MR) is 77.0 cm³/mol. The SMILES string of the molecule is C#CCN(CC(=O)O)S(=O)(=O)c1cccc2ncccc12. The van der Waals surface area contributed by atoms with E-state index in [-0.39, 0.29) is 11.4 Å². The zero-order valence-corrected chi connectivity index (χ0v) is 11.7. The van der Waals surface area contributed by atoms with E-state index in [0.717, 1.165) is 4.31 Å². The van der Waals surface area contributed by atoms with Gasteiger partial charge in [-0.1, -0.05) is 12.0 Å². The minimum absolute atomic E-state index is 0.00963. The van der Waals surface area contributed by atoms with Gasteiger partial charge >= 0.3 is 5.97 Å². The molecule has 0 bridgehead atoms. The molecule has 0 spiro atoms. The minimum Gasteiger partial charge on any atom is -0.480 e. The van der Waals surface area contributed by atoms with Crippen LogP contribution in [0.4, 0.5) is 0 Å². The summed E-state index contributed by atoms with van der Waals surface area (Å²) >= 11 is 0. The molecule has 1 heterocycles. The van der Waals surface area contributed by atoms with Crippen LogP contribution in [0, 0.1) is 12.3 Å². The zero-order chi connectivity index (χ0) is 15.5. The lowest BCUT2D eigenvalue weighted by molar-refractivity contribution is -0.137. The van der Waals surface area contributed by atoms with E-state index in [2.05, 4.69) is 10.9 Å². The number of pyridine rings is 1. The fourth-order valence-electron chi connectivity index (χ4n) is 1.92. The van der Waals surface area contributed by atoms with Gasteiger partial charge in [-0.25, -0.2) is 8.42 Å². The summed E-state index contributed by atoms with van der Waals surface area (Å²) in [5.74, 6) is 0.894. The third-order valence-electron chi connectivity index (χ3n) is 2.80. The van der Waals surface area contributed by atoms with E-state index in [9.17, 15) is 13.2 Å². The highest BCUT2D eigenvalue weighted by molar-refractivity contribution is 7.89. The summed E-state index contributed by atoms with van der Waals surface area (Å²) in [6.45, 7) is -1.01. The maximum Gasteiger partial charge on any atom is 0.318 e.